The van der Waals surface area contributed by atoms with Gasteiger partial charge in [-0.1, -0.05) is 25.1 Å². The lowest BCUT2D eigenvalue weighted by Crippen LogP contribution is -2.44. The smallest absolute Gasteiger partial charge is 0.290 e. The number of halogens is 3. The number of carbonyl (C=O) groups excluding carboxylic acids is 1. The van der Waals surface area contributed by atoms with Crippen LogP contribution in [-0.4, -0.2) is 28.9 Å². The number of para-hydroxylation sites is 1. The number of nitrogens with zero attached hydrogens (tertiary/aromatic N) is 1. The fourth-order valence-corrected chi connectivity index (χ4v) is 3.18. The number of amides is 1. The Balaban J connectivity index is 2.49. The summed E-state index contributed by atoms with van der Waals surface area (Å²) < 4.78 is 39.3. The lowest BCUT2D eigenvalue weighted by Gasteiger charge is -2.29. The van der Waals surface area contributed by atoms with Crippen LogP contribution in [0.4, 0.5) is 18.9 Å². The van der Waals surface area contributed by atoms with E-state index in [1.807, 2.05) is 0 Å². The first-order chi connectivity index (χ1) is 10.8. The molecule has 7 heteroatoms. The normalized spacial score (nSPS) is 22.5. The molecule has 23 heavy (non-hydrogen) atoms. The Hall–Kier alpha value is -1.73. The standard InChI is InChI=1S/C16H16F3NO2S/c1-3-23-13(12(17)14(18)19)11-9-16(2,22)20(15(11)21)10-7-5-4-6-8-10/h4-9,14,22H,3H2,1-2H3. The third kappa shape index (κ3) is 3.45. The number of allylic oxidation sites excluding steroid dienone is 1. The molecule has 0 bridgehead atoms. The van der Waals surface area contributed by atoms with Gasteiger partial charge in [-0.05, 0) is 30.9 Å². The topological polar surface area (TPSA) is 40.5 Å². The fourth-order valence-electron chi connectivity index (χ4n) is 2.36. The first kappa shape index (κ1) is 17.6. The third-order valence-electron chi connectivity index (χ3n) is 3.26. The number of anilines is 1. The Morgan fingerprint density at radius 1 is 1.35 bits per heavy atom. The van der Waals surface area contributed by atoms with Gasteiger partial charge in [0.2, 0.25) is 0 Å². The molecule has 2 rings (SSSR count). The van der Waals surface area contributed by atoms with Crippen LogP contribution in [0.5, 0.6) is 0 Å². The van der Waals surface area contributed by atoms with Crippen molar-refractivity contribution in [3.8, 4) is 0 Å². The second-order valence-electron chi connectivity index (χ2n) is 5.04. The summed E-state index contributed by atoms with van der Waals surface area (Å²) in [5.41, 5.74) is -1.58. The molecule has 0 aliphatic carbocycles. The number of benzene rings is 1. The molecule has 1 N–H and O–H groups in total. The van der Waals surface area contributed by atoms with Gasteiger partial charge in [-0.2, -0.15) is 0 Å². The summed E-state index contributed by atoms with van der Waals surface area (Å²) in [6.07, 6.45) is -2.20. The molecule has 1 aliphatic heterocycles. The molecule has 0 radical (unpaired) electrons. The molecular formula is C16H16F3NO2S. The Morgan fingerprint density at radius 3 is 2.48 bits per heavy atom. The minimum absolute atomic E-state index is 0.247. The number of hydrogen-bond donors (Lipinski definition) is 1. The van der Waals surface area contributed by atoms with Gasteiger partial charge in [0, 0.05) is 5.69 Å². The van der Waals surface area contributed by atoms with Crippen molar-refractivity contribution in [3.63, 3.8) is 0 Å². The molecule has 1 atom stereocenters. The molecule has 1 aromatic rings. The van der Waals surface area contributed by atoms with E-state index in [4.69, 9.17) is 0 Å². The van der Waals surface area contributed by atoms with E-state index in [0.29, 0.717) is 11.4 Å². The number of thioether (sulfide) groups is 1. The van der Waals surface area contributed by atoms with Crippen LogP contribution in [0.3, 0.4) is 0 Å². The zero-order valence-electron chi connectivity index (χ0n) is 12.6. The van der Waals surface area contributed by atoms with E-state index in [9.17, 15) is 23.1 Å². The van der Waals surface area contributed by atoms with E-state index < -0.39 is 28.8 Å². The Morgan fingerprint density at radius 2 is 1.96 bits per heavy atom. The third-order valence-corrected chi connectivity index (χ3v) is 4.25. The molecule has 0 saturated carbocycles. The van der Waals surface area contributed by atoms with Gasteiger partial charge < -0.3 is 5.11 Å². The number of rotatable bonds is 5. The summed E-state index contributed by atoms with van der Waals surface area (Å²) >= 11 is 0.810. The van der Waals surface area contributed by atoms with Crippen LogP contribution in [0.15, 0.2) is 52.7 Å². The van der Waals surface area contributed by atoms with Gasteiger partial charge in [-0.3, -0.25) is 9.69 Å². The highest BCUT2D eigenvalue weighted by Crippen LogP contribution is 2.40. The monoisotopic (exact) mass is 343 g/mol. The molecule has 124 valence electrons. The minimum Gasteiger partial charge on any atom is -0.367 e. The molecule has 0 fully saturated rings. The van der Waals surface area contributed by atoms with Gasteiger partial charge in [-0.15, -0.1) is 11.8 Å². The zero-order chi connectivity index (χ0) is 17.2. The van der Waals surface area contributed by atoms with E-state index in [-0.39, 0.29) is 5.57 Å². The molecule has 1 unspecified atom stereocenters. The van der Waals surface area contributed by atoms with Gasteiger partial charge in [0.25, 0.3) is 12.3 Å². The number of alkyl halides is 2. The van der Waals surface area contributed by atoms with Crippen molar-refractivity contribution in [2.75, 3.05) is 10.7 Å². The predicted molar refractivity (Wildman–Crippen MR) is 84.9 cm³/mol. The summed E-state index contributed by atoms with van der Waals surface area (Å²) in [6.45, 7) is 3.01. The maximum absolute atomic E-state index is 13.8. The molecule has 1 amide bonds. The van der Waals surface area contributed by atoms with Crippen molar-refractivity contribution >= 4 is 23.4 Å². The van der Waals surface area contributed by atoms with E-state index >= 15 is 0 Å². The number of hydrogen-bond acceptors (Lipinski definition) is 3. The highest BCUT2D eigenvalue weighted by atomic mass is 32.2. The highest BCUT2D eigenvalue weighted by molar-refractivity contribution is 8.03. The van der Waals surface area contributed by atoms with Crippen molar-refractivity contribution in [1.29, 1.82) is 0 Å². The molecule has 1 aromatic carbocycles. The Labute approximate surface area is 136 Å². The van der Waals surface area contributed by atoms with Crippen LogP contribution in [0.2, 0.25) is 0 Å². The SMILES string of the molecule is CCSC(C1=CC(C)(O)N(c2ccccc2)C1=O)=C(F)C(F)F. The molecule has 0 aromatic heterocycles. The average molecular weight is 343 g/mol. The molecule has 3 nitrogen and oxygen atoms in total. The van der Waals surface area contributed by atoms with Crippen molar-refractivity contribution < 1.29 is 23.1 Å². The van der Waals surface area contributed by atoms with Crippen LogP contribution in [-0.2, 0) is 4.79 Å². The molecule has 1 heterocycles. The van der Waals surface area contributed by atoms with E-state index in [0.717, 1.165) is 22.7 Å². The Kier molecular flexibility index (Phi) is 5.21. The van der Waals surface area contributed by atoms with Crippen molar-refractivity contribution in [2.45, 2.75) is 26.0 Å². The summed E-state index contributed by atoms with van der Waals surface area (Å²) in [5, 5.41) is 10.5. The maximum atomic E-state index is 13.8. The van der Waals surface area contributed by atoms with Gasteiger partial charge in [0.1, 0.15) is 0 Å². The van der Waals surface area contributed by atoms with E-state index in [1.54, 1.807) is 37.3 Å². The van der Waals surface area contributed by atoms with Crippen molar-refractivity contribution in [2.24, 2.45) is 0 Å². The maximum Gasteiger partial charge on any atom is 0.290 e. The van der Waals surface area contributed by atoms with Gasteiger partial charge >= 0.3 is 0 Å². The Bertz CT molecular complexity index is 657. The predicted octanol–water partition coefficient (Wildman–Crippen LogP) is 3.87. The lowest BCUT2D eigenvalue weighted by atomic mass is 10.2. The first-order valence-electron chi connectivity index (χ1n) is 6.95. The molecule has 0 spiro atoms. The van der Waals surface area contributed by atoms with Crippen LogP contribution in [0.25, 0.3) is 0 Å². The van der Waals surface area contributed by atoms with Gasteiger partial charge in [0.05, 0.1) is 10.5 Å². The number of carbonyl (C=O) groups is 1. The highest BCUT2D eigenvalue weighted by Gasteiger charge is 2.43. The van der Waals surface area contributed by atoms with E-state index in [2.05, 4.69) is 0 Å². The largest absolute Gasteiger partial charge is 0.367 e. The minimum atomic E-state index is -3.31. The molecule has 1 aliphatic rings. The van der Waals surface area contributed by atoms with Crippen LogP contribution >= 0.6 is 11.8 Å². The molecular weight excluding hydrogens is 327 g/mol. The summed E-state index contributed by atoms with van der Waals surface area (Å²) in [7, 11) is 0. The quantitative estimate of drug-likeness (QED) is 0.882. The zero-order valence-corrected chi connectivity index (χ0v) is 13.4. The van der Waals surface area contributed by atoms with Crippen LogP contribution in [0, 0.1) is 0 Å². The second-order valence-corrected chi connectivity index (χ2v) is 6.31. The van der Waals surface area contributed by atoms with Crippen molar-refractivity contribution in [3.05, 3.63) is 52.7 Å². The van der Waals surface area contributed by atoms with E-state index in [1.165, 1.54) is 6.92 Å². The average Bonchev–Trinajstić information content (AvgIpc) is 2.74. The summed E-state index contributed by atoms with van der Waals surface area (Å²) in [5.74, 6) is -2.05. The van der Waals surface area contributed by atoms with Gasteiger partial charge in [0.15, 0.2) is 11.6 Å². The van der Waals surface area contributed by atoms with Gasteiger partial charge in [-0.25, -0.2) is 13.2 Å². The summed E-state index contributed by atoms with van der Waals surface area (Å²) in [4.78, 5) is 13.2. The van der Waals surface area contributed by atoms with Crippen molar-refractivity contribution in [1.82, 2.24) is 0 Å². The lowest BCUT2D eigenvalue weighted by molar-refractivity contribution is -0.116. The number of aliphatic hydroxyl groups is 1. The van der Waals surface area contributed by atoms with Crippen LogP contribution in [0.1, 0.15) is 13.8 Å². The first-order valence-corrected chi connectivity index (χ1v) is 7.94. The van der Waals surface area contributed by atoms with Crippen LogP contribution < -0.4 is 4.90 Å². The fraction of sp³-hybridized carbons (Fsp3) is 0.312. The molecule has 0 saturated heterocycles. The second kappa shape index (κ2) is 6.80. The summed E-state index contributed by atoms with van der Waals surface area (Å²) in [6, 6.07) is 8.29.